The van der Waals surface area contributed by atoms with E-state index in [-0.39, 0.29) is 30.4 Å². The average Bonchev–Trinajstić information content (AvgIpc) is 3.54. The first kappa shape index (κ1) is 29.9. The Hall–Kier alpha value is -2.13. The first-order chi connectivity index (χ1) is 15.5. The van der Waals surface area contributed by atoms with Gasteiger partial charge < -0.3 is 24.8 Å². The summed E-state index contributed by atoms with van der Waals surface area (Å²) in [6, 6.07) is 29.5. The van der Waals surface area contributed by atoms with Crippen molar-refractivity contribution >= 4 is 14.0 Å². The van der Waals surface area contributed by atoms with E-state index in [1.165, 1.54) is 22.9 Å². The summed E-state index contributed by atoms with van der Waals surface area (Å²) in [4.78, 5) is 0. The molecule has 0 radical (unpaired) electrons. The van der Waals surface area contributed by atoms with Gasteiger partial charge in [0, 0.05) is 0 Å². The molecule has 0 unspecified atom stereocenters. The van der Waals surface area contributed by atoms with Gasteiger partial charge in [0.15, 0.2) is 0 Å². The number of halogens is 5. The molecule has 1 aliphatic carbocycles. The molecule has 0 aromatic heterocycles. The van der Waals surface area contributed by atoms with Crippen LogP contribution in [0.3, 0.4) is 0 Å². The van der Waals surface area contributed by atoms with Crippen LogP contribution in [0.5, 0.6) is 0 Å². The van der Waals surface area contributed by atoms with Gasteiger partial charge in [0.05, 0.1) is 0 Å². The Kier molecular flexibility index (Phi) is 13.2. The van der Waals surface area contributed by atoms with Crippen molar-refractivity contribution in [2.75, 3.05) is 0 Å². The van der Waals surface area contributed by atoms with Crippen molar-refractivity contribution in [3.63, 3.8) is 0 Å². The summed E-state index contributed by atoms with van der Waals surface area (Å²) >= 11 is 0.966. The standard InChI is InChI=1S/C14H9F3.C9H7.C5H5.2ClH.Zr/c15-14(16,17)13-9-5-4-8-12(13)10-11-6-2-1-3-7-11;1-2-5-9-7-3-6-8(9)4-1;1-2-4-5-3-1;;;/h1-9H;1-7H;1-3H,4H2;2*1H;/q;2*-1;;;+2/p-2. The molecular formula is C28H21Cl2F3Zr-2. The Morgan fingerprint density at radius 2 is 1.47 bits per heavy atom. The summed E-state index contributed by atoms with van der Waals surface area (Å²) < 4.78 is 39.5. The number of fused-ring (bicyclic) bond motifs is 1. The number of benzene rings is 3. The van der Waals surface area contributed by atoms with E-state index in [1.54, 1.807) is 6.07 Å². The minimum atomic E-state index is -4.31. The van der Waals surface area contributed by atoms with E-state index in [4.69, 9.17) is 0 Å². The van der Waals surface area contributed by atoms with Crippen LogP contribution in [-0.4, -0.2) is 3.21 Å². The Morgan fingerprint density at radius 3 is 2.06 bits per heavy atom. The summed E-state index contributed by atoms with van der Waals surface area (Å²) in [5.74, 6) is 0. The van der Waals surface area contributed by atoms with E-state index in [0.29, 0.717) is 0 Å². The number of hydrogen-bond acceptors (Lipinski definition) is 0. The third-order valence-corrected chi connectivity index (χ3v) is 6.07. The Bertz CT molecular complexity index is 1170. The van der Waals surface area contributed by atoms with E-state index in [9.17, 15) is 13.2 Å². The smallest absolute Gasteiger partial charge is 0.0809 e. The average molecular weight is 577 g/mol. The molecule has 5 rings (SSSR count). The summed E-state index contributed by atoms with van der Waals surface area (Å²) in [6.45, 7) is 0. The van der Waals surface area contributed by atoms with Crippen molar-refractivity contribution in [2.45, 2.75) is 12.6 Å². The van der Waals surface area contributed by atoms with Crippen molar-refractivity contribution in [1.82, 2.24) is 0 Å². The Labute approximate surface area is 225 Å². The summed E-state index contributed by atoms with van der Waals surface area (Å²) in [5.41, 5.74) is 0.544. The van der Waals surface area contributed by atoms with Gasteiger partial charge in [-0.05, 0) is 0 Å². The zero-order valence-corrected chi connectivity index (χ0v) is 22.0. The topological polar surface area (TPSA) is 0 Å². The zero-order valence-electron chi connectivity index (χ0n) is 18.1. The third kappa shape index (κ3) is 8.91. The van der Waals surface area contributed by atoms with Crippen LogP contribution in [0.15, 0.2) is 115 Å². The van der Waals surface area contributed by atoms with Crippen LogP contribution in [0.2, 0.25) is 0 Å². The van der Waals surface area contributed by atoms with Gasteiger partial charge in [-0.2, -0.15) is 23.6 Å². The van der Waals surface area contributed by atoms with Gasteiger partial charge in [0.25, 0.3) is 0 Å². The zero-order chi connectivity index (χ0) is 22.8. The molecule has 4 aromatic carbocycles. The molecule has 0 N–H and O–H groups in total. The van der Waals surface area contributed by atoms with Crippen molar-refractivity contribution in [3.05, 3.63) is 138 Å². The minimum absolute atomic E-state index is 0. The number of allylic oxidation sites excluding steroid dienone is 4. The van der Waals surface area contributed by atoms with Gasteiger partial charge in [-0.25, -0.2) is 12.2 Å². The number of rotatable bonds is 2. The summed E-state index contributed by atoms with van der Waals surface area (Å²) in [5, 5.41) is 2.66. The van der Waals surface area contributed by atoms with E-state index in [1.807, 2.05) is 42.5 Å². The van der Waals surface area contributed by atoms with Crippen LogP contribution >= 0.6 is 0 Å². The molecule has 6 heteroatoms. The van der Waals surface area contributed by atoms with E-state index in [2.05, 4.69) is 54.6 Å². The second kappa shape index (κ2) is 15.0. The molecule has 4 aromatic rings. The maximum absolute atomic E-state index is 12.9. The first-order valence-electron chi connectivity index (χ1n) is 10.1. The fourth-order valence-electron chi connectivity index (χ4n) is 3.12. The minimum Gasteiger partial charge on any atom is -1.00 e. The van der Waals surface area contributed by atoms with Crippen molar-refractivity contribution in [1.29, 1.82) is 0 Å². The Morgan fingerprint density at radius 1 is 0.824 bits per heavy atom. The molecule has 34 heavy (non-hydrogen) atoms. The van der Waals surface area contributed by atoms with Crippen LogP contribution in [0, 0.1) is 6.08 Å². The van der Waals surface area contributed by atoms with Gasteiger partial charge in [-0.15, -0.1) is 36.1 Å². The first-order valence-corrected chi connectivity index (χ1v) is 11.3. The second-order valence-electron chi connectivity index (χ2n) is 6.94. The monoisotopic (exact) mass is 574 g/mol. The molecule has 174 valence electrons. The van der Waals surface area contributed by atoms with Crippen LogP contribution in [-0.2, 0) is 30.4 Å². The van der Waals surface area contributed by atoms with Crippen LogP contribution < -0.4 is 24.8 Å². The van der Waals surface area contributed by atoms with Gasteiger partial charge in [0.2, 0.25) is 0 Å². The SMILES string of the molecule is FC(F)(F)c1ccccc1[C](=[Zr+2])c1ccccc1.[C-]1=CC=CC1.[Cl-].[Cl-].c1ccc2[cH-]ccc2c1. The van der Waals surface area contributed by atoms with Crippen LogP contribution in [0.4, 0.5) is 13.2 Å². The number of alkyl halides is 3. The summed E-state index contributed by atoms with van der Waals surface area (Å²) in [7, 11) is 0. The molecule has 0 bridgehead atoms. The predicted molar refractivity (Wildman–Crippen MR) is 122 cm³/mol. The summed E-state index contributed by atoms with van der Waals surface area (Å²) in [6.07, 6.45) is 5.69. The van der Waals surface area contributed by atoms with Crippen molar-refractivity contribution < 1.29 is 62.2 Å². The second-order valence-corrected chi connectivity index (χ2v) is 8.17. The fourth-order valence-corrected chi connectivity index (χ4v) is 4.06. The normalized spacial score (nSPS) is 11.3. The largest absolute Gasteiger partial charge is 1.00 e. The molecule has 0 saturated carbocycles. The molecular weight excluding hydrogens is 555 g/mol. The van der Waals surface area contributed by atoms with E-state index < -0.39 is 11.7 Å². The quantitative estimate of drug-likeness (QED) is 0.319. The third-order valence-electron chi connectivity index (χ3n) is 4.70. The van der Waals surface area contributed by atoms with Crippen LogP contribution in [0.25, 0.3) is 10.8 Å². The molecule has 0 nitrogen and oxygen atoms in total. The molecule has 0 atom stereocenters. The van der Waals surface area contributed by atoms with Crippen molar-refractivity contribution in [2.24, 2.45) is 0 Å². The molecule has 0 spiro atoms. The molecule has 0 saturated heterocycles. The fraction of sp³-hybridized carbons (Fsp3) is 0.0714. The molecule has 0 heterocycles. The van der Waals surface area contributed by atoms with E-state index in [0.717, 1.165) is 45.5 Å². The van der Waals surface area contributed by atoms with Crippen LogP contribution in [0.1, 0.15) is 23.1 Å². The Balaban J connectivity index is 0.000000299. The maximum atomic E-state index is 12.9. The van der Waals surface area contributed by atoms with Gasteiger partial charge in [-0.1, -0.05) is 6.07 Å². The van der Waals surface area contributed by atoms with Gasteiger partial charge >= 0.3 is 118 Å². The molecule has 1 aliphatic rings. The maximum Gasteiger partial charge on any atom is -0.0809 e. The van der Waals surface area contributed by atoms with Gasteiger partial charge in [-0.3, -0.25) is 6.08 Å². The molecule has 0 fully saturated rings. The van der Waals surface area contributed by atoms with Gasteiger partial charge in [0.1, 0.15) is 0 Å². The molecule has 0 amide bonds. The van der Waals surface area contributed by atoms with Crippen molar-refractivity contribution in [3.8, 4) is 0 Å². The molecule has 0 aliphatic heterocycles. The van der Waals surface area contributed by atoms with E-state index >= 15 is 0 Å². The number of hydrogen-bond donors (Lipinski definition) is 0. The predicted octanol–water partition coefficient (Wildman–Crippen LogP) is 1.69.